The fourth-order valence-electron chi connectivity index (χ4n) is 2.95. The molecule has 0 fully saturated rings. The van der Waals surface area contributed by atoms with Gasteiger partial charge >= 0.3 is 12.4 Å². The van der Waals surface area contributed by atoms with Gasteiger partial charge in [0.05, 0.1) is 23.4 Å². The van der Waals surface area contributed by atoms with Gasteiger partial charge in [0.2, 0.25) is 5.91 Å². The Morgan fingerprint density at radius 1 is 1.00 bits per heavy atom. The first kappa shape index (κ1) is 25.3. The van der Waals surface area contributed by atoms with Crippen LogP contribution in [0.1, 0.15) is 24.0 Å². The normalized spacial score (nSPS) is 15.1. The summed E-state index contributed by atoms with van der Waals surface area (Å²) in [4.78, 5) is 11.6. The van der Waals surface area contributed by atoms with Crippen LogP contribution in [0, 0.1) is 0 Å². The summed E-state index contributed by atoms with van der Waals surface area (Å²) in [6.07, 6.45) is -9.66. The minimum Gasteiger partial charge on any atom is -0.492 e. The van der Waals surface area contributed by atoms with E-state index in [1.165, 1.54) is 12.1 Å². The number of hydrogen-bond acceptors (Lipinski definition) is 5. The maximum Gasteiger partial charge on any atom is 0.416 e. The molecule has 0 aromatic heterocycles. The number of carbonyl (C=O) groups is 1. The molecule has 0 atom stereocenters. The molecule has 0 bridgehead atoms. The Morgan fingerprint density at radius 2 is 1.68 bits per heavy atom. The molecule has 0 saturated heterocycles. The molecule has 0 aliphatic carbocycles. The van der Waals surface area contributed by atoms with Gasteiger partial charge in [-0.1, -0.05) is 6.07 Å². The number of amides is 1. The monoisotopic (exact) mass is 509 g/mol. The lowest BCUT2D eigenvalue weighted by Crippen LogP contribution is -2.29. The number of amidine groups is 1. The van der Waals surface area contributed by atoms with Crippen LogP contribution in [0.25, 0.3) is 0 Å². The Morgan fingerprint density at radius 3 is 2.35 bits per heavy atom. The highest BCUT2D eigenvalue weighted by Crippen LogP contribution is 2.36. The number of alkyl halides is 6. The lowest BCUT2D eigenvalue weighted by atomic mass is 10.2. The van der Waals surface area contributed by atoms with Gasteiger partial charge in [0, 0.05) is 12.8 Å². The second kappa shape index (κ2) is 9.52. The van der Waals surface area contributed by atoms with E-state index >= 15 is 0 Å². The van der Waals surface area contributed by atoms with Crippen molar-refractivity contribution in [3.63, 3.8) is 0 Å². The quantitative estimate of drug-likeness (QED) is 0.431. The van der Waals surface area contributed by atoms with Gasteiger partial charge in [0.25, 0.3) is 10.0 Å². The van der Waals surface area contributed by atoms with Crippen LogP contribution >= 0.6 is 0 Å². The molecular formula is C20H17F6N3O4S. The van der Waals surface area contributed by atoms with E-state index in [0.29, 0.717) is 12.1 Å². The zero-order valence-corrected chi connectivity index (χ0v) is 17.9. The molecule has 0 spiro atoms. The van der Waals surface area contributed by atoms with Crippen LogP contribution in [0.2, 0.25) is 0 Å². The standard InChI is InChI=1S/C20H17F6N3O4S/c21-19(22,23)12-2-1-3-14(10-12)33-9-8-27-18(30)7-6-17-28-15-11-13(20(24,25)26)4-5-16(15)34(31,32)29-17/h1-5,10-11H,6-9H2,(H,27,30)(H,28,29). The predicted molar refractivity (Wildman–Crippen MR) is 109 cm³/mol. The fraction of sp³-hybridized carbons (Fsp3) is 0.300. The molecule has 184 valence electrons. The second-order valence-electron chi connectivity index (χ2n) is 7.07. The van der Waals surface area contributed by atoms with Crippen LogP contribution in [0.15, 0.2) is 51.8 Å². The van der Waals surface area contributed by atoms with Crippen molar-refractivity contribution < 1.29 is 44.3 Å². The summed E-state index contributed by atoms with van der Waals surface area (Å²) in [5.41, 5.74) is -2.22. The van der Waals surface area contributed by atoms with Crippen molar-refractivity contribution >= 4 is 27.5 Å². The van der Waals surface area contributed by atoms with Crippen molar-refractivity contribution in [1.29, 1.82) is 0 Å². The Kier molecular flexibility index (Phi) is 7.10. The van der Waals surface area contributed by atoms with Crippen LogP contribution in [-0.2, 0) is 27.2 Å². The van der Waals surface area contributed by atoms with Gasteiger partial charge in [-0.15, -0.1) is 4.40 Å². The van der Waals surface area contributed by atoms with Gasteiger partial charge in [0.1, 0.15) is 23.1 Å². The van der Waals surface area contributed by atoms with Gasteiger partial charge in [-0.25, -0.2) is 0 Å². The molecule has 0 saturated carbocycles. The molecular weight excluding hydrogens is 492 g/mol. The molecule has 3 rings (SSSR count). The first-order valence-electron chi connectivity index (χ1n) is 9.64. The topological polar surface area (TPSA) is 96.9 Å². The highest BCUT2D eigenvalue weighted by Gasteiger charge is 2.34. The molecule has 1 heterocycles. The smallest absolute Gasteiger partial charge is 0.416 e. The molecule has 2 aromatic carbocycles. The Hall–Kier alpha value is -3.29. The van der Waals surface area contributed by atoms with E-state index in [0.717, 1.165) is 18.2 Å². The average molecular weight is 509 g/mol. The number of fused-ring (bicyclic) bond motifs is 1. The summed E-state index contributed by atoms with van der Waals surface area (Å²) in [5, 5.41) is 4.94. The zero-order chi connectivity index (χ0) is 25.1. The first-order chi connectivity index (χ1) is 15.8. The fourth-order valence-corrected chi connectivity index (χ4v) is 4.10. The Labute approximate surface area is 189 Å². The minimum atomic E-state index is -4.68. The third kappa shape index (κ3) is 6.40. The average Bonchev–Trinajstić information content (AvgIpc) is 2.73. The van der Waals surface area contributed by atoms with Crippen LogP contribution in [0.5, 0.6) is 5.75 Å². The number of hydrogen-bond donors (Lipinski definition) is 2. The van der Waals surface area contributed by atoms with E-state index in [1.807, 2.05) is 0 Å². The zero-order valence-electron chi connectivity index (χ0n) is 17.1. The van der Waals surface area contributed by atoms with Crippen molar-refractivity contribution in [2.24, 2.45) is 4.40 Å². The number of carbonyl (C=O) groups excluding carboxylic acids is 1. The van der Waals surface area contributed by atoms with Crippen LogP contribution in [0.3, 0.4) is 0 Å². The highest BCUT2D eigenvalue weighted by atomic mass is 32.2. The van der Waals surface area contributed by atoms with Crippen LogP contribution < -0.4 is 15.4 Å². The third-order valence-corrected chi connectivity index (χ3v) is 5.91. The van der Waals surface area contributed by atoms with Crippen molar-refractivity contribution in [3.8, 4) is 5.75 Å². The summed E-state index contributed by atoms with van der Waals surface area (Å²) in [5.74, 6) is -0.793. The molecule has 7 nitrogen and oxygen atoms in total. The summed E-state index contributed by atoms with van der Waals surface area (Å²) in [6, 6.07) is 6.29. The predicted octanol–water partition coefficient (Wildman–Crippen LogP) is 4.21. The molecule has 2 N–H and O–H groups in total. The van der Waals surface area contributed by atoms with Gasteiger partial charge in [0.15, 0.2) is 0 Å². The van der Waals surface area contributed by atoms with E-state index in [9.17, 15) is 39.6 Å². The highest BCUT2D eigenvalue weighted by molar-refractivity contribution is 7.90. The van der Waals surface area contributed by atoms with Gasteiger partial charge in [-0.2, -0.15) is 34.8 Å². The number of benzene rings is 2. The lowest BCUT2D eigenvalue weighted by Gasteiger charge is -2.19. The lowest BCUT2D eigenvalue weighted by molar-refractivity contribution is -0.138. The molecule has 1 aliphatic rings. The van der Waals surface area contributed by atoms with E-state index in [1.54, 1.807) is 0 Å². The van der Waals surface area contributed by atoms with Crippen molar-refractivity contribution in [2.45, 2.75) is 30.1 Å². The Balaban J connectivity index is 1.50. The first-order valence-corrected chi connectivity index (χ1v) is 11.1. The third-order valence-electron chi connectivity index (χ3n) is 4.54. The summed E-state index contributed by atoms with van der Waals surface area (Å²) in [6.45, 7) is -0.181. The van der Waals surface area contributed by atoms with Crippen molar-refractivity contribution in [2.75, 3.05) is 18.5 Å². The minimum absolute atomic E-state index is 0.0352. The van der Waals surface area contributed by atoms with Gasteiger partial charge < -0.3 is 15.4 Å². The number of halogens is 6. The van der Waals surface area contributed by atoms with E-state index in [-0.39, 0.29) is 43.3 Å². The van der Waals surface area contributed by atoms with Gasteiger partial charge in [-0.05, 0) is 36.4 Å². The van der Waals surface area contributed by atoms with Crippen LogP contribution in [-0.4, -0.2) is 33.3 Å². The number of rotatable bonds is 7. The number of anilines is 1. The SMILES string of the molecule is O=C(CCC1=NS(=O)(=O)c2ccc(C(F)(F)F)cc2N1)NCCOc1cccc(C(F)(F)F)c1. The molecule has 2 aromatic rings. The number of nitrogens with one attached hydrogen (secondary N) is 2. The maximum absolute atomic E-state index is 12.9. The summed E-state index contributed by atoms with van der Waals surface area (Å²) < 4.78 is 110. The second-order valence-corrected chi connectivity index (χ2v) is 8.64. The van der Waals surface area contributed by atoms with E-state index < -0.39 is 44.3 Å². The largest absolute Gasteiger partial charge is 0.492 e. The molecule has 14 heteroatoms. The molecule has 1 aliphatic heterocycles. The Bertz CT molecular complexity index is 1210. The van der Waals surface area contributed by atoms with Crippen molar-refractivity contribution in [1.82, 2.24) is 5.32 Å². The number of ether oxygens (including phenoxy) is 1. The van der Waals surface area contributed by atoms with E-state index in [2.05, 4.69) is 15.0 Å². The maximum atomic E-state index is 12.9. The van der Waals surface area contributed by atoms with E-state index in [4.69, 9.17) is 4.74 Å². The molecule has 0 unspecified atom stereocenters. The van der Waals surface area contributed by atoms with Crippen molar-refractivity contribution in [3.05, 3.63) is 53.6 Å². The molecule has 34 heavy (non-hydrogen) atoms. The molecule has 1 amide bonds. The molecule has 0 radical (unpaired) electrons. The summed E-state index contributed by atoms with van der Waals surface area (Å²) >= 11 is 0. The number of sulfonamides is 1. The van der Waals surface area contributed by atoms with Crippen LogP contribution in [0.4, 0.5) is 32.0 Å². The number of nitrogens with zero attached hydrogens (tertiary/aromatic N) is 1. The summed E-state index contributed by atoms with van der Waals surface area (Å²) in [7, 11) is -4.24. The van der Waals surface area contributed by atoms with Gasteiger partial charge in [-0.3, -0.25) is 4.79 Å².